The number of nitrogens with zero attached hydrogens (tertiary/aromatic N) is 4. The van der Waals surface area contributed by atoms with E-state index in [1.54, 1.807) is 0 Å². The topological polar surface area (TPSA) is 126 Å². The van der Waals surface area contributed by atoms with Crippen molar-refractivity contribution in [1.82, 2.24) is 19.5 Å². The quantitative estimate of drug-likeness (QED) is 0.478. The fraction of sp³-hybridized carbons (Fsp3) is 0.389. The number of rotatable bonds is 5. The summed E-state index contributed by atoms with van der Waals surface area (Å²) in [4.78, 5) is 12.3. The summed E-state index contributed by atoms with van der Waals surface area (Å²) in [5, 5.41) is 32.3. The van der Waals surface area contributed by atoms with Gasteiger partial charge < -0.3 is 25.4 Å². The fourth-order valence-corrected chi connectivity index (χ4v) is 3.41. The van der Waals surface area contributed by atoms with E-state index in [2.05, 4.69) is 20.3 Å². The number of aliphatic hydroxyl groups is 3. The second-order valence-corrected chi connectivity index (χ2v) is 6.78. The third kappa shape index (κ3) is 3.58. The van der Waals surface area contributed by atoms with Gasteiger partial charge in [-0.25, -0.2) is 15.0 Å². The van der Waals surface area contributed by atoms with E-state index in [0.717, 1.165) is 6.07 Å². The average molecular weight is 425 g/mol. The van der Waals surface area contributed by atoms with Gasteiger partial charge in [0.1, 0.15) is 24.6 Å². The van der Waals surface area contributed by atoms with Crippen molar-refractivity contribution < 1.29 is 33.2 Å². The maximum absolute atomic E-state index is 13.2. The lowest BCUT2D eigenvalue weighted by molar-refractivity contribution is -0.138. The van der Waals surface area contributed by atoms with Gasteiger partial charge in [-0.2, -0.15) is 13.2 Å². The van der Waals surface area contributed by atoms with Crippen LogP contribution in [-0.4, -0.2) is 59.8 Å². The summed E-state index contributed by atoms with van der Waals surface area (Å²) in [5.41, 5.74) is -0.217. The highest BCUT2D eigenvalue weighted by molar-refractivity contribution is 5.82. The molecule has 0 radical (unpaired) electrons. The van der Waals surface area contributed by atoms with Gasteiger partial charge in [0, 0.05) is 6.54 Å². The van der Waals surface area contributed by atoms with Crippen LogP contribution < -0.4 is 5.32 Å². The van der Waals surface area contributed by atoms with Crippen molar-refractivity contribution in [2.24, 2.45) is 0 Å². The van der Waals surface area contributed by atoms with Gasteiger partial charge in [-0.1, -0.05) is 18.2 Å². The number of ether oxygens (including phenoxy) is 1. The van der Waals surface area contributed by atoms with Crippen LogP contribution in [0.25, 0.3) is 11.2 Å². The predicted molar refractivity (Wildman–Crippen MR) is 97.1 cm³/mol. The zero-order chi connectivity index (χ0) is 21.5. The van der Waals surface area contributed by atoms with E-state index in [9.17, 15) is 28.5 Å². The summed E-state index contributed by atoms with van der Waals surface area (Å²) in [6.45, 7) is -0.635. The summed E-state index contributed by atoms with van der Waals surface area (Å²) in [6.07, 6.45) is -6.62. The first-order valence-corrected chi connectivity index (χ1v) is 9.00. The summed E-state index contributed by atoms with van der Waals surface area (Å²) in [5.74, 6) is 0.197. The monoisotopic (exact) mass is 425 g/mol. The molecular weight excluding hydrogens is 407 g/mol. The van der Waals surface area contributed by atoms with Gasteiger partial charge >= 0.3 is 6.18 Å². The molecule has 30 heavy (non-hydrogen) atoms. The van der Waals surface area contributed by atoms with Crippen LogP contribution in [0.15, 0.2) is 36.9 Å². The van der Waals surface area contributed by atoms with E-state index in [4.69, 9.17) is 4.74 Å². The zero-order valence-corrected chi connectivity index (χ0v) is 15.4. The van der Waals surface area contributed by atoms with Crippen LogP contribution in [0.3, 0.4) is 0 Å². The lowest BCUT2D eigenvalue weighted by atomic mass is 10.1. The Morgan fingerprint density at radius 1 is 1.10 bits per heavy atom. The van der Waals surface area contributed by atoms with Crippen LogP contribution >= 0.6 is 0 Å². The van der Waals surface area contributed by atoms with Gasteiger partial charge in [-0.05, 0) is 11.6 Å². The van der Waals surface area contributed by atoms with E-state index in [-0.39, 0.29) is 29.1 Å². The van der Waals surface area contributed by atoms with Crippen molar-refractivity contribution in [3.8, 4) is 0 Å². The number of hydrogen-bond acceptors (Lipinski definition) is 8. The Morgan fingerprint density at radius 2 is 1.87 bits per heavy atom. The Morgan fingerprint density at radius 3 is 2.57 bits per heavy atom. The van der Waals surface area contributed by atoms with Crippen molar-refractivity contribution in [2.45, 2.75) is 37.3 Å². The third-order valence-corrected chi connectivity index (χ3v) is 4.92. The van der Waals surface area contributed by atoms with Crippen LogP contribution in [0.5, 0.6) is 0 Å². The van der Waals surface area contributed by atoms with Crippen LogP contribution in [0.4, 0.5) is 19.0 Å². The molecule has 4 N–H and O–H groups in total. The Kier molecular flexibility index (Phi) is 5.32. The number of aromatic nitrogens is 4. The van der Waals surface area contributed by atoms with E-state index in [1.165, 1.54) is 35.4 Å². The first-order chi connectivity index (χ1) is 14.3. The molecule has 9 nitrogen and oxygen atoms in total. The van der Waals surface area contributed by atoms with Crippen LogP contribution in [0, 0.1) is 0 Å². The Balaban J connectivity index is 1.61. The van der Waals surface area contributed by atoms with Gasteiger partial charge in [0.05, 0.1) is 18.5 Å². The van der Waals surface area contributed by atoms with E-state index in [1.807, 2.05) is 0 Å². The molecule has 4 rings (SSSR count). The minimum atomic E-state index is -4.49. The molecule has 0 saturated carbocycles. The summed E-state index contributed by atoms with van der Waals surface area (Å²) in [7, 11) is 0. The molecule has 1 saturated heterocycles. The van der Waals surface area contributed by atoms with Crippen molar-refractivity contribution in [2.75, 3.05) is 11.9 Å². The smallest absolute Gasteiger partial charge is 0.394 e. The van der Waals surface area contributed by atoms with Gasteiger partial charge in [-0.15, -0.1) is 0 Å². The summed E-state index contributed by atoms with van der Waals surface area (Å²) >= 11 is 0. The molecule has 1 aromatic carbocycles. The van der Waals surface area contributed by atoms with Crippen LogP contribution in [-0.2, 0) is 17.5 Å². The average Bonchev–Trinajstić information content (AvgIpc) is 3.27. The molecule has 1 aliphatic rings. The number of nitrogens with one attached hydrogen (secondary N) is 1. The van der Waals surface area contributed by atoms with Crippen LogP contribution in [0.2, 0.25) is 0 Å². The third-order valence-electron chi connectivity index (χ3n) is 4.92. The van der Waals surface area contributed by atoms with E-state index in [0.29, 0.717) is 0 Å². The largest absolute Gasteiger partial charge is 0.416 e. The molecule has 4 atom stereocenters. The summed E-state index contributed by atoms with van der Waals surface area (Å²) < 4.78 is 46.4. The highest BCUT2D eigenvalue weighted by atomic mass is 19.4. The Labute approximate surface area is 167 Å². The highest BCUT2D eigenvalue weighted by Gasteiger charge is 2.44. The molecule has 160 valence electrons. The van der Waals surface area contributed by atoms with Crippen LogP contribution in [0.1, 0.15) is 17.4 Å². The van der Waals surface area contributed by atoms with Crippen molar-refractivity contribution >= 4 is 17.0 Å². The zero-order valence-electron chi connectivity index (χ0n) is 15.4. The molecule has 12 heteroatoms. The number of aliphatic hydroxyl groups excluding tert-OH is 3. The minimum Gasteiger partial charge on any atom is -0.394 e. The molecule has 1 fully saturated rings. The number of hydrogen-bond donors (Lipinski definition) is 4. The first-order valence-electron chi connectivity index (χ1n) is 9.00. The Bertz CT molecular complexity index is 1040. The van der Waals surface area contributed by atoms with Gasteiger partial charge in [0.2, 0.25) is 0 Å². The number of halogens is 3. The Hall–Kier alpha value is -2.80. The number of anilines is 1. The number of fused-ring (bicyclic) bond motifs is 1. The lowest BCUT2D eigenvalue weighted by Gasteiger charge is -2.16. The number of alkyl halides is 3. The predicted octanol–water partition coefficient (Wildman–Crippen LogP) is 1.07. The fourth-order valence-electron chi connectivity index (χ4n) is 3.41. The van der Waals surface area contributed by atoms with Crippen molar-refractivity contribution in [1.29, 1.82) is 0 Å². The molecule has 0 aliphatic carbocycles. The first kappa shape index (κ1) is 20.5. The van der Waals surface area contributed by atoms with Gasteiger partial charge in [-0.3, -0.25) is 4.57 Å². The molecule has 1 unspecified atom stereocenters. The number of imidazole rings is 1. The summed E-state index contributed by atoms with van der Waals surface area (Å²) in [6, 6.07) is 5.20. The maximum Gasteiger partial charge on any atom is 0.416 e. The van der Waals surface area contributed by atoms with Gasteiger partial charge in [0.15, 0.2) is 23.2 Å². The molecule has 0 spiro atoms. The van der Waals surface area contributed by atoms with E-state index < -0.39 is 42.9 Å². The second kappa shape index (κ2) is 7.80. The number of benzene rings is 1. The molecule has 1 aliphatic heterocycles. The SMILES string of the molecule is OC[C@H]1OC(n2cnc3c(NCc4ccccc4C(F)(F)F)ncnc32)[C@H](O)[C@@H]1O. The minimum absolute atomic E-state index is 0.0413. The standard InChI is InChI=1S/C18H18F3N5O4/c19-18(20,21)10-4-2-1-3-9(10)5-22-15-12-16(24-7-23-15)26(8-25-12)17-14(29)13(28)11(6-27)30-17/h1-4,7-8,11,13-14,17,27-29H,5-6H2,(H,22,23,24)/t11-,13-,14-,17?/m1/s1. The van der Waals surface area contributed by atoms with Crippen molar-refractivity contribution in [3.05, 3.63) is 48.0 Å². The highest BCUT2D eigenvalue weighted by Crippen LogP contribution is 2.34. The van der Waals surface area contributed by atoms with Crippen molar-refractivity contribution in [3.63, 3.8) is 0 Å². The molecule has 3 aromatic rings. The molecule has 0 amide bonds. The molecule has 0 bridgehead atoms. The molecular formula is C18H18F3N5O4. The van der Waals surface area contributed by atoms with E-state index >= 15 is 0 Å². The molecule has 2 aromatic heterocycles. The lowest BCUT2D eigenvalue weighted by Crippen LogP contribution is -2.33. The normalized spacial score (nSPS) is 24.5. The van der Waals surface area contributed by atoms with Gasteiger partial charge in [0.25, 0.3) is 0 Å². The maximum atomic E-state index is 13.2. The second-order valence-electron chi connectivity index (χ2n) is 6.78. The molecule has 3 heterocycles.